The molecule has 0 spiro atoms. The van der Waals surface area contributed by atoms with Crippen LogP contribution in [0.1, 0.15) is 66.2 Å². The van der Waals surface area contributed by atoms with Crippen molar-refractivity contribution in [1.82, 2.24) is 15.5 Å². The summed E-state index contributed by atoms with van der Waals surface area (Å²) in [6.07, 6.45) is 7.20. The highest BCUT2D eigenvalue weighted by molar-refractivity contribution is 5.85. The molecule has 0 saturated heterocycles. The van der Waals surface area contributed by atoms with Crippen molar-refractivity contribution in [3.05, 3.63) is 0 Å². The molecular weight excluding hydrogens is 288 g/mol. The quantitative estimate of drug-likeness (QED) is 0.583. The first-order valence-corrected chi connectivity index (χ1v) is 8.95. The van der Waals surface area contributed by atoms with E-state index in [9.17, 15) is 4.79 Å². The number of amides is 1. The summed E-state index contributed by atoms with van der Waals surface area (Å²) in [5.41, 5.74) is 0.340. The third-order valence-electron chi connectivity index (χ3n) is 4.28. The van der Waals surface area contributed by atoms with Crippen molar-refractivity contribution in [1.29, 1.82) is 0 Å². The number of carbonyl (C=O) groups excluding carboxylic acids is 1. The lowest BCUT2D eigenvalue weighted by Crippen LogP contribution is -2.46. The fourth-order valence-corrected chi connectivity index (χ4v) is 2.64. The van der Waals surface area contributed by atoms with Gasteiger partial charge in [0.1, 0.15) is 6.54 Å². The summed E-state index contributed by atoms with van der Waals surface area (Å²) >= 11 is 0. The molecule has 5 nitrogen and oxygen atoms in total. The molecule has 0 aromatic heterocycles. The van der Waals surface area contributed by atoms with Crippen LogP contribution < -0.4 is 10.6 Å². The van der Waals surface area contributed by atoms with Crippen LogP contribution in [0.3, 0.4) is 0 Å². The van der Waals surface area contributed by atoms with Gasteiger partial charge in [-0.25, -0.2) is 4.99 Å². The van der Waals surface area contributed by atoms with Gasteiger partial charge in [0.2, 0.25) is 5.91 Å². The third-order valence-corrected chi connectivity index (χ3v) is 4.28. The highest BCUT2D eigenvalue weighted by Gasteiger charge is 2.18. The highest BCUT2D eigenvalue weighted by Crippen LogP contribution is 2.21. The van der Waals surface area contributed by atoms with Gasteiger partial charge in [0.05, 0.1) is 0 Å². The molecule has 5 heteroatoms. The minimum Gasteiger partial charge on any atom is -0.354 e. The molecule has 0 heterocycles. The molecule has 0 aromatic carbocycles. The normalized spacial score (nSPS) is 17.9. The molecule has 0 aromatic rings. The largest absolute Gasteiger partial charge is 0.354 e. The Balaban J connectivity index is 2.58. The van der Waals surface area contributed by atoms with E-state index in [-0.39, 0.29) is 12.5 Å². The Morgan fingerprint density at radius 3 is 2.39 bits per heavy atom. The van der Waals surface area contributed by atoms with Gasteiger partial charge in [-0.15, -0.1) is 0 Å². The van der Waals surface area contributed by atoms with E-state index in [0.29, 0.717) is 17.5 Å². The topological polar surface area (TPSA) is 56.7 Å². The van der Waals surface area contributed by atoms with Gasteiger partial charge in [-0.2, -0.15) is 0 Å². The molecule has 1 unspecified atom stereocenters. The van der Waals surface area contributed by atoms with Crippen molar-refractivity contribution in [2.75, 3.05) is 20.6 Å². The number of nitrogens with one attached hydrogen (secondary N) is 2. The molecule has 134 valence electrons. The van der Waals surface area contributed by atoms with Gasteiger partial charge in [-0.1, -0.05) is 33.6 Å². The van der Waals surface area contributed by atoms with Crippen LogP contribution in [0.25, 0.3) is 0 Å². The molecule has 23 heavy (non-hydrogen) atoms. The summed E-state index contributed by atoms with van der Waals surface area (Å²) in [7, 11) is 3.53. The minimum atomic E-state index is 0.0277. The monoisotopic (exact) mass is 324 g/mol. The van der Waals surface area contributed by atoms with Crippen LogP contribution >= 0.6 is 0 Å². The van der Waals surface area contributed by atoms with Crippen LogP contribution in [0.15, 0.2) is 4.99 Å². The zero-order valence-electron chi connectivity index (χ0n) is 15.9. The van der Waals surface area contributed by atoms with Crippen molar-refractivity contribution in [2.45, 2.75) is 78.3 Å². The lowest BCUT2D eigenvalue weighted by molar-refractivity contribution is -0.127. The molecule has 1 amide bonds. The van der Waals surface area contributed by atoms with E-state index >= 15 is 0 Å². The zero-order valence-corrected chi connectivity index (χ0v) is 15.9. The summed E-state index contributed by atoms with van der Waals surface area (Å²) in [6.45, 7) is 9.18. The molecule has 0 aliphatic heterocycles. The number of hydrogen-bond acceptors (Lipinski definition) is 2. The summed E-state index contributed by atoms with van der Waals surface area (Å²) in [5.74, 6) is 0.813. The number of hydrogen-bond donors (Lipinski definition) is 2. The molecule has 1 fully saturated rings. The Bertz CT molecular complexity index is 392. The van der Waals surface area contributed by atoms with Crippen LogP contribution in [-0.4, -0.2) is 49.5 Å². The first-order chi connectivity index (χ1) is 10.7. The molecule has 0 radical (unpaired) electrons. The van der Waals surface area contributed by atoms with Gasteiger partial charge in [-0.3, -0.25) is 4.79 Å². The zero-order chi connectivity index (χ0) is 17.5. The first kappa shape index (κ1) is 19.8. The molecular formula is C18H36N4O. The van der Waals surface area contributed by atoms with Crippen LogP contribution in [0.5, 0.6) is 0 Å². The number of aliphatic imine (C=N–C) groups is 1. The fraction of sp³-hybridized carbons (Fsp3) is 0.889. The average Bonchev–Trinajstić information content (AvgIpc) is 2.94. The number of rotatable bonds is 6. The number of nitrogens with zero attached hydrogens (tertiary/aromatic N) is 2. The van der Waals surface area contributed by atoms with E-state index in [2.05, 4.69) is 43.3 Å². The van der Waals surface area contributed by atoms with Crippen LogP contribution in [0.4, 0.5) is 0 Å². The predicted octanol–water partition coefficient (Wildman–Crippen LogP) is 2.77. The number of guanidine groups is 1. The van der Waals surface area contributed by atoms with E-state index in [0.717, 1.165) is 18.8 Å². The van der Waals surface area contributed by atoms with Gasteiger partial charge in [-0.05, 0) is 38.0 Å². The van der Waals surface area contributed by atoms with Crippen molar-refractivity contribution in [3.63, 3.8) is 0 Å². The van der Waals surface area contributed by atoms with Crippen LogP contribution in [0, 0.1) is 5.41 Å². The SMILES string of the molecule is CC(CCC(C)(C)C)NC(=NCC(=O)N(C)C)NC1CCCC1. The lowest BCUT2D eigenvalue weighted by atomic mass is 9.89. The van der Waals surface area contributed by atoms with Crippen LogP contribution in [-0.2, 0) is 4.79 Å². The van der Waals surface area contributed by atoms with E-state index < -0.39 is 0 Å². The summed E-state index contributed by atoms with van der Waals surface area (Å²) in [4.78, 5) is 17.9. The second-order valence-corrected chi connectivity index (χ2v) is 8.22. The second kappa shape index (κ2) is 9.14. The minimum absolute atomic E-state index is 0.0277. The molecule has 1 atom stereocenters. The molecule has 1 rings (SSSR count). The Hall–Kier alpha value is -1.26. The molecule has 0 bridgehead atoms. The average molecular weight is 325 g/mol. The number of likely N-dealkylation sites (N-methyl/N-ethyl adjacent to an activating group) is 1. The number of carbonyl (C=O) groups is 1. The van der Waals surface area contributed by atoms with Gasteiger partial charge in [0.15, 0.2) is 5.96 Å². The first-order valence-electron chi connectivity index (χ1n) is 8.95. The Morgan fingerprint density at radius 1 is 1.26 bits per heavy atom. The van der Waals surface area contributed by atoms with Crippen LogP contribution in [0.2, 0.25) is 0 Å². The Kier molecular flexibility index (Phi) is 7.86. The smallest absolute Gasteiger partial charge is 0.243 e. The fourth-order valence-electron chi connectivity index (χ4n) is 2.64. The van der Waals surface area contributed by atoms with E-state index in [1.165, 1.54) is 25.7 Å². The van der Waals surface area contributed by atoms with Gasteiger partial charge < -0.3 is 15.5 Å². The summed E-state index contributed by atoms with van der Waals surface area (Å²) in [5, 5.41) is 6.99. The van der Waals surface area contributed by atoms with Gasteiger partial charge in [0, 0.05) is 26.2 Å². The third kappa shape index (κ3) is 8.82. The second-order valence-electron chi connectivity index (χ2n) is 8.22. The predicted molar refractivity (Wildman–Crippen MR) is 97.7 cm³/mol. The van der Waals surface area contributed by atoms with Crippen molar-refractivity contribution in [2.24, 2.45) is 10.4 Å². The molecule has 1 aliphatic rings. The Labute approximate surface area is 142 Å². The van der Waals surface area contributed by atoms with Crippen molar-refractivity contribution in [3.8, 4) is 0 Å². The molecule has 1 saturated carbocycles. The Morgan fingerprint density at radius 2 is 1.87 bits per heavy atom. The van der Waals surface area contributed by atoms with Crippen molar-refractivity contribution >= 4 is 11.9 Å². The summed E-state index contributed by atoms with van der Waals surface area (Å²) in [6, 6.07) is 0.835. The van der Waals surface area contributed by atoms with Crippen molar-refractivity contribution < 1.29 is 4.79 Å². The maximum Gasteiger partial charge on any atom is 0.243 e. The van der Waals surface area contributed by atoms with E-state index in [1.807, 2.05) is 0 Å². The van der Waals surface area contributed by atoms with E-state index in [1.54, 1.807) is 19.0 Å². The maximum atomic E-state index is 11.8. The standard InChI is InChI=1S/C18H36N4O/c1-14(11-12-18(2,3)4)20-17(19-13-16(23)22(5)6)21-15-9-7-8-10-15/h14-15H,7-13H2,1-6H3,(H2,19,20,21). The van der Waals surface area contributed by atoms with Gasteiger partial charge >= 0.3 is 0 Å². The summed E-state index contributed by atoms with van der Waals surface area (Å²) < 4.78 is 0. The lowest BCUT2D eigenvalue weighted by Gasteiger charge is -2.24. The van der Waals surface area contributed by atoms with Gasteiger partial charge in [0.25, 0.3) is 0 Å². The maximum absolute atomic E-state index is 11.8. The highest BCUT2D eigenvalue weighted by atomic mass is 16.2. The molecule has 2 N–H and O–H groups in total. The van der Waals surface area contributed by atoms with E-state index in [4.69, 9.17) is 0 Å². The molecule has 1 aliphatic carbocycles.